The average molecular weight is 560 g/mol. The van der Waals surface area contributed by atoms with Gasteiger partial charge in [-0.15, -0.1) is 0 Å². The maximum absolute atomic E-state index is 13.5. The number of nitrogens with one attached hydrogen (secondary N) is 1. The summed E-state index contributed by atoms with van der Waals surface area (Å²) in [6.07, 6.45) is 3.60. The summed E-state index contributed by atoms with van der Waals surface area (Å²) < 4.78 is 3.61. The molecule has 0 unspecified atom stereocenters. The highest BCUT2D eigenvalue weighted by Gasteiger charge is 2.23. The molecular weight excluding hydrogens is 518 g/mol. The Morgan fingerprint density at radius 2 is 1.85 bits per heavy atom. The van der Waals surface area contributed by atoms with Crippen LogP contribution in [0.15, 0.2) is 42.7 Å². The molecule has 0 spiro atoms. The molecule has 0 aliphatic carbocycles. The van der Waals surface area contributed by atoms with Crippen LogP contribution in [0.3, 0.4) is 0 Å². The molecule has 218 valence electrons. The topological polar surface area (TPSA) is 108 Å². The van der Waals surface area contributed by atoms with Gasteiger partial charge in [-0.3, -0.25) is 24.7 Å². The summed E-state index contributed by atoms with van der Waals surface area (Å²) in [6.45, 7) is 11.7. The van der Waals surface area contributed by atoms with Crippen molar-refractivity contribution in [2.75, 3.05) is 63.6 Å². The molecule has 1 saturated heterocycles. The number of anilines is 2. The van der Waals surface area contributed by atoms with Gasteiger partial charge in [0, 0.05) is 75.0 Å². The van der Waals surface area contributed by atoms with E-state index in [4.69, 9.17) is 4.98 Å². The van der Waals surface area contributed by atoms with Gasteiger partial charge in [0.15, 0.2) is 0 Å². The average Bonchev–Trinajstić information content (AvgIpc) is 3.49. The van der Waals surface area contributed by atoms with E-state index in [2.05, 4.69) is 56.3 Å². The van der Waals surface area contributed by atoms with Gasteiger partial charge in [-0.25, -0.2) is 4.98 Å². The molecule has 41 heavy (non-hydrogen) atoms. The van der Waals surface area contributed by atoms with Crippen molar-refractivity contribution in [3.63, 3.8) is 0 Å². The standard InChI is InChI=1S/C30H41N9O2/c1-21-15-22(16-26(32-21)23-18-31-36(6)19-23)28(40)34-29-33-25-8-7-24(17-27(25)39(29)20-30(2,3)41)38-13-11-37(12-14-38)10-9-35(4)5/h7-8,15-19,41H,9-14,20H2,1-6H3,(H,33,34,40). The van der Waals surface area contributed by atoms with Gasteiger partial charge in [-0.1, -0.05) is 0 Å². The van der Waals surface area contributed by atoms with E-state index in [1.807, 2.05) is 30.8 Å². The smallest absolute Gasteiger partial charge is 0.258 e. The Bertz CT molecular complexity index is 1520. The lowest BCUT2D eigenvalue weighted by molar-refractivity contribution is 0.0630. The number of hydrogen-bond donors (Lipinski definition) is 2. The highest BCUT2D eigenvalue weighted by atomic mass is 16.3. The van der Waals surface area contributed by atoms with Crippen molar-refractivity contribution >= 4 is 28.6 Å². The number of carbonyl (C=O) groups is 1. The molecule has 0 bridgehead atoms. The third-order valence-corrected chi connectivity index (χ3v) is 7.32. The predicted octanol–water partition coefficient (Wildman–Crippen LogP) is 2.85. The Labute approximate surface area is 241 Å². The van der Waals surface area contributed by atoms with Gasteiger partial charge >= 0.3 is 0 Å². The predicted molar refractivity (Wildman–Crippen MR) is 162 cm³/mol. The van der Waals surface area contributed by atoms with Gasteiger partial charge in [0.25, 0.3) is 5.91 Å². The van der Waals surface area contributed by atoms with Gasteiger partial charge in [0.2, 0.25) is 5.95 Å². The van der Waals surface area contributed by atoms with Crippen LogP contribution in [-0.4, -0.2) is 104 Å². The number of piperazine rings is 1. The van der Waals surface area contributed by atoms with Crippen molar-refractivity contribution in [3.05, 3.63) is 54.0 Å². The second kappa shape index (κ2) is 11.6. The zero-order valence-electron chi connectivity index (χ0n) is 24.9. The molecule has 1 fully saturated rings. The number of imidazole rings is 1. The van der Waals surface area contributed by atoms with E-state index in [0.717, 1.165) is 67.2 Å². The molecule has 0 atom stereocenters. The van der Waals surface area contributed by atoms with Crippen LogP contribution in [0, 0.1) is 6.92 Å². The first kappa shape index (κ1) is 28.7. The number of carbonyl (C=O) groups excluding carboxylic acids is 1. The van der Waals surface area contributed by atoms with E-state index in [1.54, 1.807) is 36.9 Å². The van der Waals surface area contributed by atoms with E-state index in [1.165, 1.54) is 0 Å². The molecule has 3 aromatic heterocycles. The Balaban J connectivity index is 1.41. The number of aryl methyl sites for hydroxylation is 2. The Morgan fingerprint density at radius 1 is 1.10 bits per heavy atom. The van der Waals surface area contributed by atoms with E-state index in [0.29, 0.717) is 17.2 Å². The molecule has 1 aromatic carbocycles. The largest absolute Gasteiger partial charge is 0.389 e. The minimum absolute atomic E-state index is 0.275. The lowest BCUT2D eigenvalue weighted by atomic mass is 10.1. The summed E-state index contributed by atoms with van der Waals surface area (Å²) in [5.41, 5.74) is 4.47. The molecule has 5 rings (SSSR count). The van der Waals surface area contributed by atoms with E-state index in [-0.39, 0.29) is 12.5 Å². The molecule has 2 N–H and O–H groups in total. The molecule has 11 heteroatoms. The molecular formula is C30H41N9O2. The third kappa shape index (κ3) is 6.92. The fourth-order valence-electron chi connectivity index (χ4n) is 5.20. The summed E-state index contributed by atoms with van der Waals surface area (Å²) >= 11 is 0. The number of likely N-dealkylation sites (N-methyl/N-ethyl adjacent to an activating group) is 1. The summed E-state index contributed by atoms with van der Waals surface area (Å²) in [7, 11) is 6.06. The van der Waals surface area contributed by atoms with Crippen LogP contribution in [0.25, 0.3) is 22.3 Å². The Hall–Kier alpha value is -3.80. The first-order chi connectivity index (χ1) is 19.4. The van der Waals surface area contributed by atoms with Crippen molar-refractivity contribution in [1.29, 1.82) is 0 Å². The second-order valence-corrected chi connectivity index (χ2v) is 11.9. The Morgan fingerprint density at radius 3 is 2.51 bits per heavy atom. The maximum Gasteiger partial charge on any atom is 0.258 e. The number of rotatable bonds is 9. The summed E-state index contributed by atoms with van der Waals surface area (Å²) in [6, 6.07) is 9.73. The normalized spacial score (nSPS) is 14.8. The number of aromatic nitrogens is 5. The Kier molecular flexibility index (Phi) is 8.12. The molecule has 11 nitrogen and oxygen atoms in total. The number of benzene rings is 1. The quantitative estimate of drug-likeness (QED) is 0.322. The van der Waals surface area contributed by atoms with Crippen LogP contribution in [0.2, 0.25) is 0 Å². The molecule has 4 heterocycles. The molecule has 1 aliphatic rings. The number of hydrogen-bond acceptors (Lipinski definition) is 8. The first-order valence-corrected chi connectivity index (χ1v) is 14.1. The van der Waals surface area contributed by atoms with Gasteiger partial charge < -0.3 is 19.5 Å². The molecule has 0 saturated carbocycles. The number of fused-ring (bicyclic) bond motifs is 1. The first-order valence-electron chi connectivity index (χ1n) is 14.1. The monoisotopic (exact) mass is 559 g/mol. The minimum atomic E-state index is -1.01. The molecule has 4 aromatic rings. The van der Waals surface area contributed by atoms with Crippen LogP contribution >= 0.6 is 0 Å². The maximum atomic E-state index is 13.5. The van der Waals surface area contributed by atoms with Crippen LogP contribution < -0.4 is 10.2 Å². The van der Waals surface area contributed by atoms with Crippen molar-refractivity contribution in [2.45, 2.75) is 32.9 Å². The SMILES string of the molecule is Cc1cc(C(=O)Nc2nc3ccc(N4CCN(CCN(C)C)CC4)cc3n2CC(C)(C)O)cc(-c2cnn(C)c2)n1. The zero-order valence-corrected chi connectivity index (χ0v) is 24.9. The van der Waals surface area contributed by atoms with Crippen LogP contribution in [0.5, 0.6) is 0 Å². The lowest BCUT2D eigenvalue weighted by Gasteiger charge is -2.36. The van der Waals surface area contributed by atoms with Crippen LogP contribution in [-0.2, 0) is 13.6 Å². The van der Waals surface area contributed by atoms with E-state index < -0.39 is 5.60 Å². The van der Waals surface area contributed by atoms with Gasteiger partial charge in [0.1, 0.15) is 0 Å². The van der Waals surface area contributed by atoms with Gasteiger partial charge in [0.05, 0.1) is 35.1 Å². The fraction of sp³-hybridized carbons (Fsp3) is 0.467. The van der Waals surface area contributed by atoms with Crippen molar-refractivity contribution in [3.8, 4) is 11.3 Å². The number of amides is 1. The lowest BCUT2D eigenvalue weighted by Crippen LogP contribution is -2.48. The number of pyridine rings is 1. The minimum Gasteiger partial charge on any atom is -0.389 e. The van der Waals surface area contributed by atoms with Crippen molar-refractivity contribution in [1.82, 2.24) is 34.1 Å². The van der Waals surface area contributed by atoms with Crippen molar-refractivity contribution in [2.24, 2.45) is 7.05 Å². The summed E-state index contributed by atoms with van der Waals surface area (Å²) in [5.74, 6) is 0.109. The van der Waals surface area contributed by atoms with Crippen molar-refractivity contribution < 1.29 is 9.90 Å². The highest BCUT2D eigenvalue weighted by molar-refractivity contribution is 6.04. The molecule has 1 aliphatic heterocycles. The van der Waals surface area contributed by atoms with E-state index in [9.17, 15) is 9.90 Å². The van der Waals surface area contributed by atoms with Crippen LogP contribution in [0.1, 0.15) is 29.9 Å². The number of aliphatic hydroxyl groups is 1. The third-order valence-electron chi connectivity index (χ3n) is 7.32. The molecule has 1 amide bonds. The second-order valence-electron chi connectivity index (χ2n) is 11.9. The van der Waals surface area contributed by atoms with Gasteiger partial charge in [-0.05, 0) is 65.2 Å². The van der Waals surface area contributed by atoms with Gasteiger partial charge in [-0.2, -0.15) is 5.10 Å². The molecule has 0 radical (unpaired) electrons. The summed E-state index contributed by atoms with van der Waals surface area (Å²) in [5, 5.41) is 18.0. The zero-order chi connectivity index (χ0) is 29.3. The van der Waals surface area contributed by atoms with Crippen LogP contribution in [0.4, 0.5) is 11.6 Å². The fourth-order valence-corrected chi connectivity index (χ4v) is 5.20. The highest BCUT2D eigenvalue weighted by Crippen LogP contribution is 2.28. The van der Waals surface area contributed by atoms with E-state index >= 15 is 0 Å². The summed E-state index contributed by atoms with van der Waals surface area (Å²) in [4.78, 5) is 30.0. The number of nitrogens with zero attached hydrogens (tertiary/aromatic N) is 8.